The van der Waals surface area contributed by atoms with Crippen molar-refractivity contribution in [2.45, 2.75) is 52.7 Å². The lowest BCUT2D eigenvalue weighted by atomic mass is 10.2. The van der Waals surface area contributed by atoms with Gasteiger partial charge in [-0.15, -0.1) is 0 Å². The Hall–Kier alpha value is -1.79. The number of alkyl carbamates (subject to hydrolysis) is 1. The predicted molar refractivity (Wildman–Crippen MR) is 73.1 cm³/mol. The molecule has 7 heteroatoms. The third kappa shape index (κ3) is 9.18. The molecule has 0 bridgehead atoms. The Labute approximate surface area is 119 Å². The molecule has 0 aliphatic rings. The molecule has 0 spiro atoms. The van der Waals surface area contributed by atoms with E-state index in [1.807, 2.05) is 0 Å². The Bertz CT molecular complexity index is 349. The summed E-state index contributed by atoms with van der Waals surface area (Å²) < 4.78 is 9.76. The van der Waals surface area contributed by atoms with Gasteiger partial charge in [0.25, 0.3) is 0 Å². The van der Waals surface area contributed by atoms with Crippen LogP contribution in [-0.4, -0.2) is 42.8 Å². The second-order valence-electron chi connectivity index (χ2n) is 5.24. The number of amides is 2. The van der Waals surface area contributed by atoms with Crippen molar-refractivity contribution in [3.8, 4) is 0 Å². The van der Waals surface area contributed by atoms with E-state index in [0.29, 0.717) is 6.42 Å². The molecule has 0 aliphatic carbocycles. The summed E-state index contributed by atoms with van der Waals surface area (Å²) in [7, 11) is 0. The smallest absolute Gasteiger partial charge is 0.408 e. The molecule has 0 aromatic carbocycles. The molecular weight excluding hydrogens is 264 g/mol. The van der Waals surface area contributed by atoms with E-state index >= 15 is 0 Å². The molecule has 2 N–H and O–H groups in total. The molecule has 0 saturated carbocycles. The van der Waals surface area contributed by atoms with Crippen molar-refractivity contribution >= 4 is 18.0 Å². The van der Waals surface area contributed by atoms with Crippen LogP contribution in [0.15, 0.2) is 0 Å². The van der Waals surface area contributed by atoms with Gasteiger partial charge in [-0.3, -0.25) is 9.59 Å². The standard InChI is InChI=1S/C13H24N2O5/c1-6-10(15-12(18)20-13(3,4)5)11(17)14-7-8-19-9(2)16/h10H,6-8H2,1-5H3,(H,14,17)(H,15,18)/t10-/m0/s1. The first-order valence-corrected chi connectivity index (χ1v) is 6.56. The average molecular weight is 288 g/mol. The molecule has 0 aromatic heterocycles. The highest BCUT2D eigenvalue weighted by atomic mass is 16.6. The number of carbonyl (C=O) groups excluding carboxylic acids is 3. The van der Waals surface area contributed by atoms with Crippen LogP contribution in [0.2, 0.25) is 0 Å². The van der Waals surface area contributed by atoms with Gasteiger partial charge in [0, 0.05) is 6.92 Å². The highest BCUT2D eigenvalue weighted by Crippen LogP contribution is 2.07. The maximum Gasteiger partial charge on any atom is 0.408 e. The Morgan fingerprint density at radius 1 is 1.20 bits per heavy atom. The SMILES string of the molecule is CC[C@H](NC(=O)OC(C)(C)C)C(=O)NCCOC(C)=O. The van der Waals surface area contributed by atoms with Crippen LogP contribution in [0.25, 0.3) is 0 Å². The minimum Gasteiger partial charge on any atom is -0.464 e. The number of ether oxygens (including phenoxy) is 2. The zero-order valence-electron chi connectivity index (χ0n) is 12.7. The number of carbonyl (C=O) groups is 3. The maximum atomic E-state index is 11.8. The fourth-order valence-corrected chi connectivity index (χ4v) is 1.30. The number of hydrogen-bond donors (Lipinski definition) is 2. The van der Waals surface area contributed by atoms with Gasteiger partial charge in [0.1, 0.15) is 18.2 Å². The van der Waals surface area contributed by atoms with Crippen LogP contribution in [0.1, 0.15) is 41.0 Å². The number of rotatable bonds is 6. The van der Waals surface area contributed by atoms with Crippen molar-refractivity contribution in [3.63, 3.8) is 0 Å². The molecule has 2 amide bonds. The molecule has 0 saturated heterocycles. The highest BCUT2D eigenvalue weighted by Gasteiger charge is 2.22. The zero-order valence-corrected chi connectivity index (χ0v) is 12.7. The molecule has 1 atom stereocenters. The van der Waals surface area contributed by atoms with E-state index in [4.69, 9.17) is 4.74 Å². The molecule has 0 heterocycles. The second kappa shape index (κ2) is 8.39. The van der Waals surface area contributed by atoms with Crippen molar-refractivity contribution < 1.29 is 23.9 Å². The third-order valence-corrected chi connectivity index (χ3v) is 2.12. The predicted octanol–water partition coefficient (Wildman–Crippen LogP) is 0.969. The second-order valence-corrected chi connectivity index (χ2v) is 5.24. The van der Waals surface area contributed by atoms with E-state index in [-0.39, 0.29) is 19.1 Å². The van der Waals surface area contributed by atoms with Crippen LogP contribution in [0, 0.1) is 0 Å². The topological polar surface area (TPSA) is 93.7 Å². The fourth-order valence-electron chi connectivity index (χ4n) is 1.30. The van der Waals surface area contributed by atoms with Gasteiger partial charge >= 0.3 is 12.1 Å². The Morgan fingerprint density at radius 2 is 1.80 bits per heavy atom. The average Bonchev–Trinajstić information content (AvgIpc) is 2.28. The van der Waals surface area contributed by atoms with Crippen molar-refractivity contribution in [2.75, 3.05) is 13.2 Å². The van der Waals surface area contributed by atoms with Crippen LogP contribution >= 0.6 is 0 Å². The molecule has 0 radical (unpaired) electrons. The molecule has 0 aromatic rings. The van der Waals surface area contributed by atoms with E-state index in [1.165, 1.54) is 6.92 Å². The van der Waals surface area contributed by atoms with Crippen LogP contribution in [0.4, 0.5) is 4.79 Å². The third-order valence-electron chi connectivity index (χ3n) is 2.12. The van der Waals surface area contributed by atoms with Gasteiger partial charge in [-0.2, -0.15) is 0 Å². The summed E-state index contributed by atoms with van der Waals surface area (Å²) in [5.74, 6) is -0.747. The Balaban J connectivity index is 4.14. The molecule has 116 valence electrons. The Morgan fingerprint density at radius 3 is 2.25 bits per heavy atom. The first-order valence-electron chi connectivity index (χ1n) is 6.56. The van der Waals surface area contributed by atoms with Crippen LogP contribution in [0.5, 0.6) is 0 Å². The van der Waals surface area contributed by atoms with Crippen molar-refractivity contribution in [1.29, 1.82) is 0 Å². The van der Waals surface area contributed by atoms with Gasteiger partial charge in [-0.25, -0.2) is 4.79 Å². The molecule has 7 nitrogen and oxygen atoms in total. The number of esters is 1. The number of hydrogen-bond acceptors (Lipinski definition) is 5. The molecule has 0 unspecified atom stereocenters. The van der Waals surface area contributed by atoms with Gasteiger partial charge in [-0.05, 0) is 27.2 Å². The van der Waals surface area contributed by atoms with Crippen molar-refractivity contribution in [1.82, 2.24) is 10.6 Å². The van der Waals surface area contributed by atoms with Gasteiger partial charge in [0.05, 0.1) is 6.54 Å². The van der Waals surface area contributed by atoms with Crippen molar-refractivity contribution in [3.05, 3.63) is 0 Å². The van der Waals surface area contributed by atoms with Gasteiger partial charge in [0.2, 0.25) is 5.91 Å². The van der Waals surface area contributed by atoms with Crippen LogP contribution in [0.3, 0.4) is 0 Å². The van der Waals surface area contributed by atoms with Gasteiger partial charge in [-0.1, -0.05) is 6.92 Å². The minimum atomic E-state index is -0.679. The van der Waals surface area contributed by atoms with E-state index in [9.17, 15) is 14.4 Å². The summed E-state index contributed by atoms with van der Waals surface area (Å²) in [6.45, 7) is 8.59. The lowest BCUT2D eigenvalue weighted by Crippen LogP contribution is -2.48. The summed E-state index contributed by atoms with van der Waals surface area (Å²) in [5, 5.41) is 5.06. The lowest BCUT2D eigenvalue weighted by Gasteiger charge is -2.22. The first-order chi connectivity index (χ1) is 9.15. The van der Waals surface area contributed by atoms with E-state index < -0.39 is 23.7 Å². The monoisotopic (exact) mass is 288 g/mol. The molecule has 0 fully saturated rings. The largest absolute Gasteiger partial charge is 0.464 e. The summed E-state index contributed by atoms with van der Waals surface area (Å²) in [4.78, 5) is 33.9. The molecule has 0 aliphatic heterocycles. The molecule has 0 rings (SSSR count). The highest BCUT2D eigenvalue weighted by molar-refractivity contribution is 5.85. The Kier molecular flexibility index (Phi) is 7.64. The summed E-state index contributed by atoms with van der Waals surface area (Å²) >= 11 is 0. The number of nitrogens with one attached hydrogen (secondary N) is 2. The molecular formula is C13H24N2O5. The summed E-state index contributed by atoms with van der Waals surface area (Å²) in [6.07, 6.45) is -0.210. The fraction of sp³-hybridized carbons (Fsp3) is 0.769. The van der Waals surface area contributed by atoms with Gasteiger partial charge < -0.3 is 20.1 Å². The maximum absolute atomic E-state index is 11.8. The van der Waals surface area contributed by atoms with E-state index in [0.717, 1.165) is 0 Å². The van der Waals surface area contributed by atoms with Crippen molar-refractivity contribution in [2.24, 2.45) is 0 Å². The van der Waals surface area contributed by atoms with Crippen LogP contribution in [-0.2, 0) is 19.1 Å². The van der Waals surface area contributed by atoms with Gasteiger partial charge in [0.15, 0.2) is 0 Å². The zero-order chi connectivity index (χ0) is 15.8. The molecule has 20 heavy (non-hydrogen) atoms. The minimum absolute atomic E-state index is 0.101. The summed E-state index contributed by atoms with van der Waals surface area (Å²) in [5.41, 5.74) is -0.617. The first kappa shape index (κ1) is 18.2. The van der Waals surface area contributed by atoms with Crippen LogP contribution < -0.4 is 10.6 Å². The quantitative estimate of drug-likeness (QED) is 0.561. The normalized spacial score (nSPS) is 12.2. The van der Waals surface area contributed by atoms with E-state index in [1.54, 1.807) is 27.7 Å². The lowest BCUT2D eigenvalue weighted by molar-refractivity contribution is -0.141. The summed E-state index contributed by atoms with van der Waals surface area (Å²) in [6, 6.07) is -0.679. The van der Waals surface area contributed by atoms with E-state index in [2.05, 4.69) is 15.4 Å².